The highest BCUT2D eigenvalue weighted by molar-refractivity contribution is 6.20. The lowest BCUT2D eigenvalue weighted by atomic mass is 10.0. The molecule has 5 heteroatoms. The number of nitrogens with zero attached hydrogens (tertiary/aromatic N) is 4. The van der Waals surface area contributed by atoms with Gasteiger partial charge in [-0.05, 0) is 22.9 Å². The topological polar surface area (TPSA) is 43.6 Å². The van der Waals surface area contributed by atoms with Crippen LogP contribution in [0.4, 0.5) is 0 Å². The smallest absolute Gasteiger partial charge is 0.168 e. The lowest BCUT2D eigenvalue weighted by molar-refractivity contribution is 0.508. The van der Waals surface area contributed by atoms with Crippen molar-refractivity contribution in [3.05, 3.63) is 41.7 Å². The highest BCUT2D eigenvalue weighted by Gasteiger charge is 2.14. The lowest BCUT2D eigenvalue weighted by Crippen LogP contribution is -2.11. The van der Waals surface area contributed by atoms with E-state index >= 15 is 0 Å². The van der Waals surface area contributed by atoms with E-state index in [1.54, 1.807) is 4.68 Å². The van der Waals surface area contributed by atoms with Crippen LogP contribution < -0.4 is 0 Å². The predicted molar refractivity (Wildman–Crippen MR) is 66.9 cm³/mol. The van der Waals surface area contributed by atoms with Gasteiger partial charge in [-0.3, -0.25) is 0 Å². The molecule has 0 saturated heterocycles. The molecule has 0 amide bonds. The van der Waals surface area contributed by atoms with Crippen molar-refractivity contribution in [3.63, 3.8) is 0 Å². The van der Waals surface area contributed by atoms with E-state index < -0.39 is 0 Å². The van der Waals surface area contributed by atoms with Gasteiger partial charge in [0.2, 0.25) is 0 Å². The first-order valence-electron chi connectivity index (χ1n) is 5.63. The minimum absolute atomic E-state index is 0.173. The standard InChI is InChI=1S/C12H15ClN4/c1-9(11-6-4-3-5-7-11)8-17-12(10(2)13)14-15-16-17/h3-7,9-10H,8H2,1-2H3. The second-order valence-corrected chi connectivity index (χ2v) is 4.80. The maximum atomic E-state index is 6.02. The van der Waals surface area contributed by atoms with Gasteiger partial charge in [-0.25, -0.2) is 4.68 Å². The van der Waals surface area contributed by atoms with Gasteiger partial charge in [-0.2, -0.15) is 0 Å². The third-order valence-electron chi connectivity index (χ3n) is 2.73. The Morgan fingerprint density at radius 3 is 2.59 bits per heavy atom. The fourth-order valence-electron chi connectivity index (χ4n) is 1.77. The van der Waals surface area contributed by atoms with Crippen molar-refractivity contribution >= 4 is 11.6 Å². The van der Waals surface area contributed by atoms with Gasteiger partial charge < -0.3 is 0 Å². The first-order chi connectivity index (χ1) is 8.18. The first kappa shape index (κ1) is 12.0. The van der Waals surface area contributed by atoms with Gasteiger partial charge in [0.05, 0.1) is 11.9 Å². The minimum Gasteiger partial charge on any atom is -0.228 e. The summed E-state index contributed by atoms with van der Waals surface area (Å²) in [6.07, 6.45) is 0. The largest absolute Gasteiger partial charge is 0.228 e. The zero-order valence-corrected chi connectivity index (χ0v) is 10.7. The van der Waals surface area contributed by atoms with Crippen molar-refractivity contribution in [2.45, 2.75) is 31.7 Å². The van der Waals surface area contributed by atoms with Crippen LogP contribution in [0.3, 0.4) is 0 Å². The number of alkyl halides is 1. The fraction of sp³-hybridized carbons (Fsp3) is 0.417. The van der Waals surface area contributed by atoms with Crippen LogP contribution >= 0.6 is 11.6 Å². The Bertz CT molecular complexity index is 466. The molecule has 2 unspecified atom stereocenters. The van der Waals surface area contributed by atoms with Crippen LogP contribution in [0.15, 0.2) is 30.3 Å². The van der Waals surface area contributed by atoms with Gasteiger partial charge in [-0.1, -0.05) is 37.3 Å². The van der Waals surface area contributed by atoms with Crippen LogP contribution in [-0.2, 0) is 6.54 Å². The predicted octanol–water partition coefficient (Wildman–Crippen LogP) is 2.78. The number of hydrogen-bond donors (Lipinski definition) is 0. The molecule has 0 aliphatic carbocycles. The van der Waals surface area contributed by atoms with Crippen molar-refractivity contribution in [1.82, 2.24) is 20.2 Å². The van der Waals surface area contributed by atoms with Gasteiger partial charge in [0.15, 0.2) is 5.82 Å². The molecule has 2 atom stereocenters. The molecule has 0 aliphatic heterocycles. The van der Waals surface area contributed by atoms with Crippen LogP contribution in [-0.4, -0.2) is 20.2 Å². The Labute approximate surface area is 106 Å². The Balaban J connectivity index is 2.13. The van der Waals surface area contributed by atoms with Gasteiger partial charge >= 0.3 is 0 Å². The third-order valence-corrected chi connectivity index (χ3v) is 2.93. The lowest BCUT2D eigenvalue weighted by Gasteiger charge is -2.13. The molecule has 0 radical (unpaired) electrons. The number of rotatable bonds is 4. The molecule has 1 heterocycles. The van der Waals surface area contributed by atoms with E-state index in [1.807, 2.05) is 25.1 Å². The molecule has 0 N–H and O–H groups in total. The molecular formula is C12H15ClN4. The summed E-state index contributed by atoms with van der Waals surface area (Å²) in [5.41, 5.74) is 1.27. The summed E-state index contributed by atoms with van der Waals surface area (Å²) in [6, 6.07) is 10.3. The van der Waals surface area contributed by atoms with Crippen molar-refractivity contribution < 1.29 is 0 Å². The van der Waals surface area contributed by atoms with Gasteiger partial charge in [0.25, 0.3) is 0 Å². The SMILES string of the molecule is CC(Cl)c1nnnn1CC(C)c1ccccc1. The van der Waals surface area contributed by atoms with Crippen LogP contribution in [0, 0.1) is 0 Å². The van der Waals surface area contributed by atoms with Gasteiger partial charge in [0.1, 0.15) is 0 Å². The number of halogens is 1. The molecule has 0 aliphatic rings. The summed E-state index contributed by atoms with van der Waals surface area (Å²) in [4.78, 5) is 0. The zero-order chi connectivity index (χ0) is 12.3. The summed E-state index contributed by atoms with van der Waals surface area (Å²) in [5.74, 6) is 1.07. The van der Waals surface area contributed by atoms with E-state index in [2.05, 4.69) is 34.6 Å². The Morgan fingerprint density at radius 1 is 1.24 bits per heavy atom. The van der Waals surface area contributed by atoms with E-state index in [-0.39, 0.29) is 5.38 Å². The van der Waals surface area contributed by atoms with E-state index in [0.29, 0.717) is 5.92 Å². The molecule has 2 aromatic rings. The van der Waals surface area contributed by atoms with Crippen molar-refractivity contribution in [3.8, 4) is 0 Å². The molecule has 17 heavy (non-hydrogen) atoms. The van der Waals surface area contributed by atoms with Gasteiger partial charge in [-0.15, -0.1) is 16.7 Å². The maximum Gasteiger partial charge on any atom is 0.168 e. The highest BCUT2D eigenvalue weighted by atomic mass is 35.5. The third kappa shape index (κ3) is 2.82. The van der Waals surface area contributed by atoms with Crippen molar-refractivity contribution in [2.24, 2.45) is 0 Å². The molecule has 0 saturated carbocycles. The molecule has 1 aromatic heterocycles. The summed E-state index contributed by atoms with van der Waals surface area (Å²) >= 11 is 6.02. The second kappa shape index (κ2) is 5.27. The van der Waals surface area contributed by atoms with E-state index in [1.165, 1.54) is 5.56 Å². The van der Waals surface area contributed by atoms with E-state index in [0.717, 1.165) is 12.4 Å². The van der Waals surface area contributed by atoms with Crippen molar-refractivity contribution in [1.29, 1.82) is 0 Å². The molecule has 2 rings (SSSR count). The van der Waals surface area contributed by atoms with E-state index in [9.17, 15) is 0 Å². The number of benzene rings is 1. The quantitative estimate of drug-likeness (QED) is 0.784. The molecule has 0 fully saturated rings. The highest BCUT2D eigenvalue weighted by Crippen LogP contribution is 2.20. The monoisotopic (exact) mass is 250 g/mol. The van der Waals surface area contributed by atoms with E-state index in [4.69, 9.17) is 11.6 Å². The Hall–Kier alpha value is -1.42. The molecule has 90 valence electrons. The Morgan fingerprint density at radius 2 is 1.94 bits per heavy atom. The normalized spacial score (nSPS) is 14.5. The summed E-state index contributed by atoms with van der Waals surface area (Å²) in [6.45, 7) is 4.76. The molecular weight excluding hydrogens is 236 g/mol. The molecule has 0 bridgehead atoms. The van der Waals surface area contributed by atoms with Gasteiger partial charge in [0, 0.05) is 5.92 Å². The first-order valence-corrected chi connectivity index (χ1v) is 6.07. The molecule has 0 spiro atoms. The summed E-state index contributed by atoms with van der Waals surface area (Å²) in [7, 11) is 0. The average molecular weight is 251 g/mol. The maximum absolute atomic E-state index is 6.02. The Kier molecular flexibility index (Phi) is 3.74. The minimum atomic E-state index is -0.173. The van der Waals surface area contributed by atoms with Crippen LogP contribution in [0.2, 0.25) is 0 Å². The average Bonchev–Trinajstić information content (AvgIpc) is 2.78. The molecule has 4 nitrogen and oxygen atoms in total. The number of aromatic nitrogens is 4. The zero-order valence-electron chi connectivity index (χ0n) is 9.92. The molecule has 1 aromatic carbocycles. The second-order valence-electron chi connectivity index (χ2n) is 4.15. The summed E-state index contributed by atoms with van der Waals surface area (Å²) in [5, 5.41) is 11.4. The van der Waals surface area contributed by atoms with Crippen LogP contribution in [0.1, 0.15) is 36.5 Å². The van der Waals surface area contributed by atoms with Crippen LogP contribution in [0.5, 0.6) is 0 Å². The van der Waals surface area contributed by atoms with Crippen LogP contribution in [0.25, 0.3) is 0 Å². The summed E-state index contributed by atoms with van der Waals surface area (Å²) < 4.78 is 1.77. The number of hydrogen-bond acceptors (Lipinski definition) is 3. The number of tetrazole rings is 1. The fourth-order valence-corrected chi connectivity index (χ4v) is 1.93. The van der Waals surface area contributed by atoms with Crippen molar-refractivity contribution in [2.75, 3.05) is 0 Å².